The lowest BCUT2D eigenvalue weighted by Crippen LogP contribution is -2.42. The number of carbonyl (C=O) groups excluding carboxylic acids is 2. The molecule has 2 fully saturated rings. The van der Waals surface area contributed by atoms with Crippen molar-refractivity contribution in [3.05, 3.63) is 27.7 Å². The van der Waals surface area contributed by atoms with Crippen molar-refractivity contribution in [3.63, 3.8) is 0 Å². The minimum Gasteiger partial charge on any atom is -0.452 e. The quantitative estimate of drug-likeness (QED) is 0.612. The summed E-state index contributed by atoms with van der Waals surface area (Å²) in [6.45, 7) is 2.51. The number of benzene rings is 1. The van der Waals surface area contributed by atoms with E-state index < -0.39 is 28.5 Å². The first-order chi connectivity index (χ1) is 14.7. The first kappa shape index (κ1) is 24.3. The summed E-state index contributed by atoms with van der Waals surface area (Å²) in [5.41, 5.74) is -0.170. The zero-order chi connectivity index (χ0) is 22.6. The highest BCUT2D eigenvalue weighted by Gasteiger charge is 2.30. The molecule has 0 radical (unpaired) electrons. The molecule has 0 bridgehead atoms. The fraction of sp³-hybridized carbons (Fsp3) is 0.600. The van der Waals surface area contributed by atoms with Crippen molar-refractivity contribution in [3.8, 4) is 0 Å². The Morgan fingerprint density at radius 3 is 2.52 bits per heavy atom. The first-order valence-corrected chi connectivity index (χ1v) is 12.4. The van der Waals surface area contributed by atoms with Crippen LogP contribution in [0.2, 0.25) is 10.0 Å². The number of nitrogens with one attached hydrogen (secondary N) is 1. The summed E-state index contributed by atoms with van der Waals surface area (Å²) in [4.78, 5) is 24.5. The number of ether oxygens (including phenoxy) is 2. The molecular weight excluding hydrogens is 467 g/mol. The average Bonchev–Trinajstić information content (AvgIpc) is 2.74. The zero-order valence-electron chi connectivity index (χ0n) is 17.2. The Kier molecular flexibility index (Phi) is 8.20. The van der Waals surface area contributed by atoms with E-state index in [1.807, 2.05) is 0 Å². The maximum atomic E-state index is 12.9. The monoisotopic (exact) mass is 492 g/mol. The Balaban J connectivity index is 1.69. The van der Waals surface area contributed by atoms with Gasteiger partial charge in [-0.05, 0) is 30.9 Å². The van der Waals surface area contributed by atoms with Crippen LogP contribution in [-0.2, 0) is 24.3 Å². The second-order valence-electron chi connectivity index (χ2n) is 7.79. The molecule has 0 aromatic heterocycles. The van der Waals surface area contributed by atoms with Gasteiger partial charge in [0.05, 0.1) is 28.8 Å². The lowest BCUT2D eigenvalue weighted by molar-refractivity contribution is -0.125. The second kappa shape index (κ2) is 10.5. The van der Waals surface area contributed by atoms with Crippen LogP contribution in [-0.4, -0.2) is 63.6 Å². The van der Waals surface area contributed by atoms with E-state index in [-0.39, 0.29) is 52.8 Å². The van der Waals surface area contributed by atoms with Gasteiger partial charge in [0.25, 0.3) is 5.91 Å². The van der Waals surface area contributed by atoms with Gasteiger partial charge in [0, 0.05) is 19.1 Å². The summed E-state index contributed by atoms with van der Waals surface area (Å²) in [6, 6.07) is 2.35. The summed E-state index contributed by atoms with van der Waals surface area (Å²) < 4.78 is 37.4. The summed E-state index contributed by atoms with van der Waals surface area (Å²) in [5, 5.41) is 2.74. The molecule has 1 aromatic rings. The van der Waals surface area contributed by atoms with E-state index >= 15 is 0 Å². The molecule has 8 nitrogen and oxygen atoms in total. The van der Waals surface area contributed by atoms with Crippen LogP contribution in [0.5, 0.6) is 0 Å². The van der Waals surface area contributed by atoms with Gasteiger partial charge in [0.1, 0.15) is 4.90 Å². The molecule has 1 aliphatic carbocycles. The predicted octanol–water partition coefficient (Wildman–Crippen LogP) is 2.87. The molecule has 11 heteroatoms. The number of hydrogen-bond donors (Lipinski definition) is 1. The molecule has 1 heterocycles. The van der Waals surface area contributed by atoms with Crippen LogP contribution in [0.1, 0.15) is 43.0 Å². The Bertz CT molecular complexity index is 934. The van der Waals surface area contributed by atoms with Crippen LogP contribution in [0.25, 0.3) is 0 Å². The minimum atomic E-state index is -3.95. The standard InChI is InChI=1S/C20H26Cl2N2O6S/c1-13-4-2-3-5-17(13)23-19(25)12-30-20(26)14-10-18(16(22)11-15(14)21)31(27,28)24-6-8-29-9-7-24/h10-11,13,17H,2-9,12H2,1H3,(H,23,25)/t13-,17-/m0/s1. The molecule has 1 saturated heterocycles. The summed E-state index contributed by atoms with van der Waals surface area (Å²) in [6.07, 6.45) is 4.14. The molecule has 2 atom stereocenters. The molecule has 3 rings (SSSR count). The van der Waals surface area contributed by atoms with E-state index in [0.717, 1.165) is 31.7 Å². The van der Waals surface area contributed by atoms with Crippen LogP contribution >= 0.6 is 23.2 Å². The van der Waals surface area contributed by atoms with Gasteiger partial charge in [-0.25, -0.2) is 13.2 Å². The van der Waals surface area contributed by atoms with Gasteiger partial charge in [-0.2, -0.15) is 4.31 Å². The molecule has 2 aliphatic rings. The molecule has 1 aliphatic heterocycles. The molecule has 1 saturated carbocycles. The Hall–Kier alpha value is -1.39. The van der Waals surface area contributed by atoms with Crippen LogP contribution in [0.3, 0.4) is 0 Å². The predicted molar refractivity (Wildman–Crippen MR) is 116 cm³/mol. The first-order valence-electron chi connectivity index (χ1n) is 10.2. The van der Waals surface area contributed by atoms with Crippen LogP contribution in [0, 0.1) is 5.92 Å². The van der Waals surface area contributed by atoms with Crippen LogP contribution in [0.4, 0.5) is 0 Å². The van der Waals surface area contributed by atoms with Crippen LogP contribution in [0.15, 0.2) is 17.0 Å². The van der Waals surface area contributed by atoms with Crippen molar-refractivity contribution in [2.24, 2.45) is 5.92 Å². The maximum absolute atomic E-state index is 12.9. The van der Waals surface area contributed by atoms with Gasteiger partial charge in [-0.3, -0.25) is 4.79 Å². The molecule has 172 valence electrons. The van der Waals surface area contributed by atoms with E-state index in [4.69, 9.17) is 32.7 Å². The molecule has 0 unspecified atom stereocenters. The van der Waals surface area contributed by atoms with Gasteiger partial charge in [0.15, 0.2) is 6.61 Å². The lowest BCUT2D eigenvalue weighted by Gasteiger charge is -2.29. The van der Waals surface area contributed by atoms with Gasteiger partial charge < -0.3 is 14.8 Å². The third-order valence-corrected chi connectivity index (χ3v) is 8.30. The van der Waals surface area contributed by atoms with Crippen molar-refractivity contribution in [2.75, 3.05) is 32.9 Å². The number of carbonyl (C=O) groups is 2. The number of halogens is 2. The maximum Gasteiger partial charge on any atom is 0.340 e. The second-order valence-corrected chi connectivity index (χ2v) is 10.5. The average molecular weight is 493 g/mol. The number of amides is 1. The Morgan fingerprint density at radius 2 is 1.84 bits per heavy atom. The zero-order valence-corrected chi connectivity index (χ0v) is 19.6. The van der Waals surface area contributed by atoms with Gasteiger partial charge in [-0.15, -0.1) is 0 Å². The van der Waals surface area contributed by atoms with Crippen molar-refractivity contribution >= 4 is 45.1 Å². The SMILES string of the molecule is C[C@H]1CCCC[C@@H]1NC(=O)COC(=O)c1cc(S(=O)(=O)N2CCOCC2)c(Cl)cc1Cl. The van der Waals surface area contributed by atoms with Gasteiger partial charge in [0.2, 0.25) is 10.0 Å². The van der Waals surface area contributed by atoms with E-state index in [1.165, 1.54) is 10.4 Å². The van der Waals surface area contributed by atoms with Crippen molar-refractivity contribution in [1.29, 1.82) is 0 Å². The largest absolute Gasteiger partial charge is 0.452 e. The summed E-state index contributed by atoms with van der Waals surface area (Å²) >= 11 is 12.2. The highest BCUT2D eigenvalue weighted by Crippen LogP contribution is 2.31. The number of rotatable bonds is 6. The number of morpholine rings is 1. The van der Waals surface area contributed by atoms with E-state index in [2.05, 4.69) is 12.2 Å². The normalized spacial score (nSPS) is 22.7. The van der Waals surface area contributed by atoms with E-state index in [9.17, 15) is 18.0 Å². The van der Waals surface area contributed by atoms with Crippen LogP contribution < -0.4 is 5.32 Å². The number of hydrogen-bond acceptors (Lipinski definition) is 6. The highest BCUT2D eigenvalue weighted by molar-refractivity contribution is 7.89. The van der Waals surface area contributed by atoms with Gasteiger partial charge >= 0.3 is 5.97 Å². The fourth-order valence-corrected chi connectivity index (χ4v) is 6.03. The molecular formula is C20H26Cl2N2O6S. The Morgan fingerprint density at radius 1 is 1.16 bits per heavy atom. The third-order valence-electron chi connectivity index (χ3n) is 5.62. The van der Waals surface area contributed by atoms with Crippen molar-refractivity contribution in [2.45, 2.75) is 43.5 Å². The number of nitrogens with zero attached hydrogens (tertiary/aromatic N) is 1. The van der Waals surface area contributed by atoms with Crippen molar-refractivity contribution < 1.29 is 27.5 Å². The van der Waals surface area contributed by atoms with E-state index in [0.29, 0.717) is 5.92 Å². The summed E-state index contributed by atoms with van der Waals surface area (Å²) in [5.74, 6) is -0.933. The highest BCUT2D eigenvalue weighted by atomic mass is 35.5. The van der Waals surface area contributed by atoms with E-state index in [1.54, 1.807) is 0 Å². The van der Waals surface area contributed by atoms with Gasteiger partial charge in [-0.1, -0.05) is 43.0 Å². The minimum absolute atomic E-state index is 0.0581. The third kappa shape index (κ3) is 5.90. The summed E-state index contributed by atoms with van der Waals surface area (Å²) in [7, 11) is -3.95. The Labute approximate surface area is 192 Å². The molecule has 31 heavy (non-hydrogen) atoms. The molecule has 0 spiro atoms. The fourth-order valence-electron chi connectivity index (χ4n) is 3.80. The lowest BCUT2D eigenvalue weighted by atomic mass is 9.86. The molecule has 1 amide bonds. The smallest absolute Gasteiger partial charge is 0.340 e. The number of sulfonamides is 1. The molecule has 1 aromatic carbocycles. The van der Waals surface area contributed by atoms with Crippen molar-refractivity contribution in [1.82, 2.24) is 9.62 Å². The number of esters is 1. The topological polar surface area (TPSA) is 102 Å². The molecule has 1 N–H and O–H groups in total.